The molecule has 0 N–H and O–H groups in total. The van der Waals surface area contributed by atoms with Crippen LogP contribution in [0.1, 0.15) is 0 Å². The van der Waals surface area contributed by atoms with Crippen LogP contribution in [0.4, 0.5) is 17.3 Å². The first-order valence-corrected chi connectivity index (χ1v) is 15.3. The van der Waals surface area contributed by atoms with E-state index < -0.39 is 0 Å². The first kappa shape index (κ1) is 25.0. The fourth-order valence-electron chi connectivity index (χ4n) is 6.77. The number of nitrogens with zero attached hydrogens (tertiary/aromatic N) is 4. The predicted molar refractivity (Wildman–Crippen MR) is 186 cm³/mol. The van der Waals surface area contributed by atoms with E-state index in [0.717, 1.165) is 44.1 Å². The molecule has 5 aromatic heterocycles. The average Bonchev–Trinajstić information content (AvgIpc) is 3.78. The van der Waals surface area contributed by atoms with Gasteiger partial charge in [0, 0.05) is 43.7 Å². The number of pyridine rings is 2. The molecule has 0 fully saturated rings. The standard InChI is InChI=1S/C40H24N4O2/c1-5-13-33-27(9-1)28-10-2-6-14-34(28)43(33)25-17-19-26(20-18-25)44(37-23-21-31-29-11-3-7-15-35(29)45-39(31)41-37)38-24-22-32-30-12-4-8-16-36(30)46-40(32)42-38/h1-24H. The third-order valence-corrected chi connectivity index (χ3v) is 8.86. The number of furan rings is 2. The van der Waals surface area contributed by atoms with Gasteiger partial charge in [0.2, 0.25) is 11.4 Å². The van der Waals surface area contributed by atoms with Crippen LogP contribution in [0.25, 0.3) is 71.6 Å². The monoisotopic (exact) mass is 592 g/mol. The fraction of sp³-hybridized carbons (Fsp3) is 0. The quantitative estimate of drug-likeness (QED) is 0.203. The van der Waals surface area contributed by atoms with Crippen LogP contribution < -0.4 is 4.90 Å². The summed E-state index contributed by atoms with van der Waals surface area (Å²) in [4.78, 5) is 12.1. The van der Waals surface area contributed by atoms with Gasteiger partial charge in [0.1, 0.15) is 22.8 Å². The highest BCUT2D eigenvalue weighted by molar-refractivity contribution is 6.09. The number of hydrogen-bond acceptors (Lipinski definition) is 5. The van der Waals surface area contributed by atoms with Crippen LogP contribution in [0.15, 0.2) is 154 Å². The molecule has 0 aliphatic carbocycles. The van der Waals surface area contributed by atoms with Gasteiger partial charge in [-0.3, -0.25) is 4.90 Å². The Bertz CT molecular complexity index is 2600. The van der Waals surface area contributed by atoms with E-state index in [-0.39, 0.29) is 0 Å². The van der Waals surface area contributed by atoms with Crippen molar-refractivity contribution >= 4 is 83.3 Å². The lowest BCUT2D eigenvalue weighted by molar-refractivity contribution is 0.653. The molecule has 5 heterocycles. The van der Waals surface area contributed by atoms with E-state index in [1.54, 1.807) is 0 Å². The first-order chi connectivity index (χ1) is 22.8. The molecule has 216 valence electrons. The number of benzene rings is 5. The molecule has 0 saturated carbocycles. The number of hydrogen-bond donors (Lipinski definition) is 0. The van der Waals surface area contributed by atoms with Crippen molar-refractivity contribution in [2.24, 2.45) is 0 Å². The smallest absolute Gasteiger partial charge is 0.229 e. The Kier molecular flexibility index (Phi) is 5.19. The minimum Gasteiger partial charge on any atom is -0.438 e. The Morgan fingerprint density at radius 1 is 0.413 bits per heavy atom. The minimum atomic E-state index is 0.579. The van der Waals surface area contributed by atoms with Crippen molar-refractivity contribution in [1.82, 2.24) is 14.5 Å². The highest BCUT2D eigenvalue weighted by atomic mass is 16.3. The van der Waals surface area contributed by atoms with Crippen LogP contribution in [0, 0.1) is 0 Å². The van der Waals surface area contributed by atoms with Gasteiger partial charge in [-0.1, -0.05) is 72.8 Å². The third kappa shape index (κ3) is 3.64. The summed E-state index contributed by atoms with van der Waals surface area (Å²) >= 11 is 0. The maximum absolute atomic E-state index is 6.19. The molecule has 10 aromatic rings. The van der Waals surface area contributed by atoms with Crippen molar-refractivity contribution in [3.63, 3.8) is 0 Å². The summed E-state index contributed by atoms with van der Waals surface area (Å²) in [7, 11) is 0. The Morgan fingerprint density at radius 3 is 1.39 bits per heavy atom. The van der Waals surface area contributed by atoms with E-state index >= 15 is 0 Å². The van der Waals surface area contributed by atoms with Gasteiger partial charge in [0.05, 0.1) is 11.0 Å². The summed E-state index contributed by atoms with van der Waals surface area (Å²) in [6.07, 6.45) is 0. The second-order valence-electron chi connectivity index (χ2n) is 11.5. The second kappa shape index (κ2) is 9.55. The predicted octanol–water partition coefficient (Wildman–Crippen LogP) is 10.8. The van der Waals surface area contributed by atoms with Crippen LogP contribution in [0.5, 0.6) is 0 Å². The van der Waals surface area contributed by atoms with Crippen LogP contribution in [0.2, 0.25) is 0 Å². The summed E-state index contributed by atoms with van der Waals surface area (Å²) in [6.45, 7) is 0. The molecule has 0 bridgehead atoms. The van der Waals surface area contributed by atoms with E-state index in [9.17, 15) is 0 Å². The molecular weight excluding hydrogens is 568 g/mol. The molecular formula is C40H24N4O2. The van der Waals surface area contributed by atoms with E-state index in [0.29, 0.717) is 23.1 Å². The Balaban J connectivity index is 1.16. The number of para-hydroxylation sites is 4. The van der Waals surface area contributed by atoms with Crippen LogP contribution in [-0.4, -0.2) is 14.5 Å². The average molecular weight is 593 g/mol. The molecule has 0 radical (unpaired) electrons. The topological polar surface area (TPSA) is 60.2 Å². The Hall–Kier alpha value is -6.40. The largest absolute Gasteiger partial charge is 0.438 e. The first-order valence-electron chi connectivity index (χ1n) is 15.3. The summed E-state index contributed by atoms with van der Waals surface area (Å²) in [5.41, 5.74) is 7.10. The van der Waals surface area contributed by atoms with E-state index in [1.165, 1.54) is 21.8 Å². The Labute approximate surface area is 262 Å². The zero-order valence-corrected chi connectivity index (χ0v) is 24.5. The van der Waals surface area contributed by atoms with Crippen LogP contribution >= 0.6 is 0 Å². The van der Waals surface area contributed by atoms with Crippen molar-refractivity contribution < 1.29 is 8.83 Å². The normalized spacial score (nSPS) is 11.9. The highest BCUT2D eigenvalue weighted by Crippen LogP contribution is 2.39. The molecule has 0 aliphatic heterocycles. The number of fused-ring (bicyclic) bond motifs is 9. The molecule has 46 heavy (non-hydrogen) atoms. The second-order valence-corrected chi connectivity index (χ2v) is 11.5. The summed E-state index contributed by atoms with van der Waals surface area (Å²) in [5.74, 6) is 1.39. The maximum Gasteiger partial charge on any atom is 0.229 e. The van der Waals surface area contributed by atoms with Crippen molar-refractivity contribution in [3.05, 3.63) is 146 Å². The fourth-order valence-corrected chi connectivity index (χ4v) is 6.77. The molecule has 0 unspecified atom stereocenters. The van der Waals surface area contributed by atoms with Crippen LogP contribution in [-0.2, 0) is 0 Å². The van der Waals surface area contributed by atoms with E-state index in [4.69, 9.17) is 18.8 Å². The molecule has 0 atom stereocenters. The number of anilines is 3. The van der Waals surface area contributed by atoms with Gasteiger partial charge in [-0.05, 0) is 72.8 Å². The zero-order valence-electron chi connectivity index (χ0n) is 24.5. The summed E-state index contributed by atoms with van der Waals surface area (Å²) in [6, 6.07) is 49.9. The van der Waals surface area contributed by atoms with Crippen molar-refractivity contribution in [2.75, 3.05) is 4.90 Å². The number of aromatic nitrogens is 3. The van der Waals surface area contributed by atoms with Gasteiger partial charge >= 0.3 is 0 Å². The third-order valence-electron chi connectivity index (χ3n) is 8.86. The lowest BCUT2D eigenvalue weighted by Crippen LogP contribution is -2.13. The van der Waals surface area contributed by atoms with Crippen molar-refractivity contribution in [3.8, 4) is 5.69 Å². The minimum absolute atomic E-state index is 0.579. The SMILES string of the molecule is c1ccc2c(c1)oc1nc(N(c3ccc(-n4c5ccccc5c5ccccc54)cc3)c3ccc4c(n3)oc3ccccc34)ccc12. The molecule has 5 aromatic carbocycles. The van der Waals surface area contributed by atoms with Gasteiger partial charge in [-0.25, -0.2) is 0 Å². The molecule has 0 spiro atoms. The Morgan fingerprint density at radius 2 is 0.870 bits per heavy atom. The summed E-state index contributed by atoms with van der Waals surface area (Å²) in [5, 5.41) is 6.50. The van der Waals surface area contributed by atoms with Gasteiger partial charge in [-0.15, -0.1) is 0 Å². The van der Waals surface area contributed by atoms with Gasteiger partial charge in [0.15, 0.2) is 0 Å². The lowest BCUT2D eigenvalue weighted by Gasteiger charge is -2.23. The van der Waals surface area contributed by atoms with E-state index in [2.05, 4.69) is 107 Å². The molecule has 6 nitrogen and oxygen atoms in total. The molecule has 0 aliphatic rings. The van der Waals surface area contributed by atoms with Crippen LogP contribution in [0.3, 0.4) is 0 Å². The lowest BCUT2D eigenvalue weighted by atomic mass is 10.2. The molecule has 10 rings (SSSR count). The summed E-state index contributed by atoms with van der Waals surface area (Å²) < 4.78 is 14.7. The van der Waals surface area contributed by atoms with Gasteiger partial charge in [-0.2, -0.15) is 9.97 Å². The van der Waals surface area contributed by atoms with Crippen molar-refractivity contribution in [1.29, 1.82) is 0 Å². The highest BCUT2D eigenvalue weighted by Gasteiger charge is 2.20. The molecule has 0 saturated heterocycles. The number of rotatable bonds is 4. The van der Waals surface area contributed by atoms with E-state index in [1.807, 2.05) is 48.5 Å². The van der Waals surface area contributed by atoms with Gasteiger partial charge in [0.25, 0.3) is 0 Å². The molecule has 6 heteroatoms. The zero-order chi connectivity index (χ0) is 30.2. The van der Waals surface area contributed by atoms with Crippen molar-refractivity contribution in [2.45, 2.75) is 0 Å². The molecule has 0 amide bonds. The van der Waals surface area contributed by atoms with Gasteiger partial charge < -0.3 is 13.4 Å². The maximum atomic E-state index is 6.19.